The third-order valence-corrected chi connectivity index (χ3v) is 8.48. The molecule has 2 saturated heterocycles. The zero-order valence-electron chi connectivity index (χ0n) is 22.8. The first-order chi connectivity index (χ1) is 18.8. The Balaban J connectivity index is 1.21. The van der Waals surface area contributed by atoms with Gasteiger partial charge in [-0.2, -0.15) is 0 Å². The molecule has 202 valence electrons. The van der Waals surface area contributed by atoms with Crippen molar-refractivity contribution in [2.24, 2.45) is 0 Å². The number of anilines is 2. The molecule has 0 unspecified atom stereocenters. The molecule has 1 aromatic carbocycles. The fourth-order valence-corrected chi connectivity index (χ4v) is 6.37. The van der Waals surface area contributed by atoms with E-state index < -0.39 is 0 Å². The Hall–Kier alpha value is -3.06. The van der Waals surface area contributed by atoms with E-state index in [2.05, 4.69) is 38.3 Å². The molecule has 4 heterocycles. The van der Waals surface area contributed by atoms with E-state index in [1.165, 1.54) is 61.4 Å². The first kappa shape index (κ1) is 25.2. The number of likely N-dealkylation sites (tertiary alicyclic amines) is 1. The lowest BCUT2D eigenvalue weighted by Crippen LogP contribution is -2.39. The van der Waals surface area contributed by atoms with Gasteiger partial charge in [0, 0.05) is 54.7 Å². The topological polar surface area (TPSA) is 62.8 Å². The van der Waals surface area contributed by atoms with Crippen LogP contribution in [0.1, 0.15) is 56.2 Å². The molecule has 1 N–H and O–H groups in total. The number of hydrogen-bond donors (Lipinski definition) is 1. The standard InChI is InChI=1S/C31H41N5O2/c1-37-29-20-26-28(21-30(29)38-19-7-16-35-14-4-5-15-35)34-27-10-3-2-9-25(27)31(26)33-23-11-17-36(18-12-23)24-8-6-13-32-22-24/h6,8,13,20-23H,2-5,7,9-12,14-19H2,1H3,(H,33,34). The Morgan fingerprint density at radius 1 is 1.00 bits per heavy atom. The van der Waals surface area contributed by atoms with Crippen molar-refractivity contribution in [1.82, 2.24) is 14.9 Å². The van der Waals surface area contributed by atoms with Crippen LogP contribution in [0.25, 0.3) is 10.9 Å². The van der Waals surface area contributed by atoms with E-state index in [9.17, 15) is 0 Å². The predicted octanol–water partition coefficient (Wildman–Crippen LogP) is 5.46. The maximum atomic E-state index is 6.26. The minimum atomic E-state index is 0.437. The summed E-state index contributed by atoms with van der Waals surface area (Å²) in [6, 6.07) is 8.88. The van der Waals surface area contributed by atoms with E-state index in [0.29, 0.717) is 12.6 Å². The molecule has 3 aromatic rings. The van der Waals surface area contributed by atoms with Crippen LogP contribution in [0.5, 0.6) is 11.5 Å². The van der Waals surface area contributed by atoms with E-state index in [4.69, 9.17) is 14.5 Å². The fourth-order valence-electron chi connectivity index (χ4n) is 6.37. The number of piperidine rings is 1. The van der Waals surface area contributed by atoms with Crippen LogP contribution in [0.2, 0.25) is 0 Å². The Bertz CT molecular complexity index is 1220. The lowest BCUT2D eigenvalue weighted by molar-refractivity contribution is 0.254. The molecule has 7 heteroatoms. The molecule has 0 bridgehead atoms. The number of nitrogens with one attached hydrogen (secondary N) is 1. The highest BCUT2D eigenvalue weighted by atomic mass is 16.5. The van der Waals surface area contributed by atoms with Gasteiger partial charge in [-0.25, -0.2) is 0 Å². The van der Waals surface area contributed by atoms with Crippen LogP contribution < -0.4 is 19.7 Å². The van der Waals surface area contributed by atoms with Crippen molar-refractivity contribution in [3.05, 3.63) is 47.9 Å². The zero-order chi connectivity index (χ0) is 25.7. The number of hydrogen-bond acceptors (Lipinski definition) is 7. The van der Waals surface area contributed by atoms with E-state index in [0.717, 1.165) is 74.1 Å². The normalized spacial score (nSPS) is 18.5. The van der Waals surface area contributed by atoms with Gasteiger partial charge in [0.1, 0.15) is 0 Å². The minimum Gasteiger partial charge on any atom is -0.493 e. The third kappa shape index (κ3) is 5.53. The summed E-state index contributed by atoms with van der Waals surface area (Å²) < 4.78 is 12.1. The van der Waals surface area contributed by atoms with Crippen LogP contribution in [0.4, 0.5) is 11.4 Å². The number of rotatable bonds is 9. The number of aryl methyl sites for hydroxylation is 1. The molecule has 38 heavy (non-hydrogen) atoms. The van der Waals surface area contributed by atoms with Crippen LogP contribution in [0.3, 0.4) is 0 Å². The maximum Gasteiger partial charge on any atom is 0.163 e. The third-order valence-electron chi connectivity index (χ3n) is 8.48. The second-order valence-electron chi connectivity index (χ2n) is 11.0. The van der Waals surface area contributed by atoms with Gasteiger partial charge in [-0.15, -0.1) is 0 Å². The van der Waals surface area contributed by atoms with E-state index in [-0.39, 0.29) is 0 Å². The smallest absolute Gasteiger partial charge is 0.163 e. The Morgan fingerprint density at radius 3 is 2.63 bits per heavy atom. The van der Waals surface area contributed by atoms with Crippen LogP contribution in [-0.4, -0.2) is 67.4 Å². The highest BCUT2D eigenvalue weighted by molar-refractivity contribution is 5.96. The summed E-state index contributed by atoms with van der Waals surface area (Å²) >= 11 is 0. The molecule has 0 radical (unpaired) electrons. The average Bonchev–Trinajstić information content (AvgIpc) is 3.49. The monoisotopic (exact) mass is 515 g/mol. The number of methoxy groups -OCH3 is 1. The Morgan fingerprint density at radius 2 is 1.84 bits per heavy atom. The number of pyridine rings is 2. The summed E-state index contributed by atoms with van der Waals surface area (Å²) in [4.78, 5) is 14.4. The Kier molecular flexibility index (Phi) is 7.81. The molecular formula is C31H41N5O2. The summed E-state index contributed by atoms with van der Waals surface area (Å²) in [5.41, 5.74) is 6.15. The number of aromatic nitrogens is 2. The quantitative estimate of drug-likeness (QED) is 0.380. The van der Waals surface area contributed by atoms with Crippen LogP contribution in [-0.2, 0) is 12.8 Å². The van der Waals surface area contributed by atoms with Gasteiger partial charge in [0.05, 0.1) is 31.1 Å². The summed E-state index contributed by atoms with van der Waals surface area (Å²) in [6.07, 6.45) is 14.3. The second-order valence-corrected chi connectivity index (χ2v) is 11.0. The molecule has 6 rings (SSSR count). The Labute approximate surface area is 226 Å². The molecular weight excluding hydrogens is 474 g/mol. The molecule has 0 atom stereocenters. The van der Waals surface area contributed by atoms with Gasteiger partial charge in [0.2, 0.25) is 0 Å². The van der Waals surface area contributed by atoms with Crippen molar-refractivity contribution in [3.63, 3.8) is 0 Å². The zero-order valence-corrected chi connectivity index (χ0v) is 22.8. The molecule has 7 nitrogen and oxygen atoms in total. The van der Waals surface area contributed by atoms with Crippen LogP contribution in [0.15, 0.2) is 36.7 Å². The highest BCUT2D eigenvalue weighted by Gasteiger charge is 2.25. The average molecular weight is 516 g/mol. The number of fused-ring (bicyclic) bond motifs is 2. The number of nitrogens with zero attached hydrogens (tertiary/aromatic N) is 4. The summed E-state index contributed by atoms with van der Waals surface area (Å²) in [5, 5.41) is 5.15. The van der Waals surface area contributed by atoms with Gasteiger partial charge in [0.25, 0.3) is 0 Å². The van der Waals surface area contributed by atoms with Crippen molar-refractivity contribution in [1.29, 1.82) is 0 Å². The van der Waals surface area contributed by atoms with Gasteiger partial charge in [0.15, 0.2) is 11.5 Å². The van der Waals surface area contributed by atoms with Gasteiger partial charge in [-0.3, -0.25) is 9.97 Å². The molecule has 0 saturated carbocycles. The molecule has 0 spiro atoms. The second kappa shape index (κ2) is 11.8. The summed E-state index contributed by atoms with van der Waals surface area (Å²) in [7, 11) is 1.74. The molecule has 2 fully saturated rings. The predicted molar refractivity (Wildman–Crippen MR) is 154 cm³/mol. The lowest BCUT2D eigenvalue weighted by Gasteiger charge is -2.35. The first-order valence-electron chi connectivity index (χ1n) is 14.6. The first-order valence-corrected chi connectivity index (χ1v) is 14.6. The maximum absolute atomic E-state index is 6.26. The van der Waals surface area contributed by atoms with Crippen molar-refractivity contribution in [2.45, 2.75) is 63.8 Å². The highest BCUT2D eigenvalue weighted by Crippen LogP contribution is 2.40. The molecule has 1 aliphatic carbocycles. The van der Waals surface area contributed by atoms with Crippen molar-refractivity contribution >= 4 is 22.3 Å². The van der Waals surface area contributed by atoms with Crippen LogP contribution in [0, 0.1) is 0 Å². The van der Waals surface area contributed by atoms with Crippen LogP contribution >= 0.6 is 0 Å². The molecule has 2 aromatic heterocycles. The van der Waals surface area contributed by atoms with Crippen molar-refractivity contribution in [2.75, 3.05) is 56.7 Å². The van der Waals surface area contributed by atoms with E-state index in [1.54, 1.807) is 7.11 Å². The van der Waals surface area contributed by atoms with Gasteiger partial charge < -0.3 is 24.6 Å². The van der Waals surface area contributed by atoms with Crippen molar-refractivity contribution < 1.29 is 9.47 Å². The van der Waals surface area contributed by atoms with Crippen molar-refractivity contribution in [3.8, 4) is 11.5 Å². The molecule has 2 aliphatic heterocycles. The molecule has 0 amide bonds. The summed E-state index contributed by atoms with van der Waals surface area (Å²) in [5.74, 6) is 1.60. The SMILES string of the molecule is COc1cc2c(NC3CCN(c4cccnc4)CC3)c3c(nc2cc1OCCCN1CCCC1)CCCC3. The summed E-state index contributed by atoms with van der Waals surface area (Å²) in [6.45, 7) is 6.33. The number of ether oxygens (including phenoxy) is 2. The van der Waals surface area contributed by atoms with Gasteiger partial charge in [-0.1, -0.05) is 0 Å². The molecule has 3 aliphatic rings. The van der Waals surface area contributed by atoms with Gasteiger partial charge >= 0.3 is 0 Å². The number of benzene rings is 1. The fraction of sp³-hybridized carbons (Fsp3) is 0.548. The van der Waals surface area contributed by atoms with E-state index in [1.807, 2.05) is 18.5 Å². The van der Waals surface area contributed by atoms with E-state index >= 15 is 0 Å². The largest absolute Gasteiger partial charge is 0.493 e. The van der Waals surface area contributed by atoms with Gasteiger partial charge in [-0.05, 0) is 94.6 Å². The lowest BCUT2D eigenvalue weighted by atomic mass is 9.91. The minimum absolute atomic E-state index is 0.437.